The molecule has 1 aromatic heterocycles. The first-order valence-electron chi connectivity index (χ1n) is 1.47. The van der Waals surface area contributed by atoms with Crippen LogP contribution in [-0.2, 0) is 0 Å². The van der Waals surface area contributed by atoms with E-state index >= 15 is 0 Å². The molecule has 0 saturated heterocycles. The van der Waals surface area contributed by atoms with E-state index in [1.54, 1.807) is 12.5 Å². The van der Waals surface area contributed by atoms with Gasteiger partial charge in [-0.15, -0.1) is 0 Å². The van der Waals surface area contributed by atoms with E-state index in [2.05, 4.69) is 4.42 Å². The molecule has 0 spiro atoms. The van der Waals surface area contributed by atoms with E-state index in [9.17, 15) is 0 Å². The largest absolute Gasteiger partial charge is 1.00 e. The van der Waals surface area contributed by atoms with Crippen LogP contribution < -0.4 is 29.6 Å². The average Bonchev–Trinajstić information content (AvgIpc) is 1.76. The van der Waals surface area contributed by atoms with Crippen LogP contribution >= 0.6 is 0 Å². The minimum Gasteiger partial charge on any atom is -1.00 e. The fraction of sp³-hybridized carbons (Fsp3) is 0. The van der Waals surface area contributed by atoms with Crippen LogP contribution in [0.4, 0.5) is 0 Å². The van der Waals surface area contributed by atoms with E-state index < -0.39 is 0 Å². The molecule has 0 N–H and O–H groups in total. The molecule has 6 heavy (non-hydrogen) atoms. The van der Waals surface area contributed by atoms with Crippen molar-refractivity contribution < 1.29 is 35.4 Å². The van der Waals surface area contributed by atoms with Gasteiger partial charge < -0.3 is 5.84 Å². The number of hydrogen-bond donors (Lipinski definition) is 0. The van der Waals surface area contributed by atoms with Gasteiger partial charge in [0.1, 0.15) is 0 Å². The molecule has 0 radical (unpaired) electrons. The minimum absolute atomic E-state index is 0. The van der Waals surface area contributed by atoms with Crippen molar-refractivity contribution in [2.45, 2.75) is 0 Å². The Labute approximate surface area is 60.1 Å². The Kier molecular flexibility index (Phi) is 3.63. The van der Waals surface area contributed by atoms with Crippen LogP contribution in [0.1, 0.15) is 1.43 Å². The van der Waals surface area contributed by atoms with Crippen molar-refractivity contribution in [2.75, 3.05) is 0 Å². The molecule has 1 nitrogen and oxygen atoms in total. The van der Waals surface area contributed by atoms with Crippen LogP contribution in [0.3, 0.4) is 0 Å². The zero-order chi connectivity index (χ0) is 3.54. The zero-order valence-corrected chi connectivity index (χ0v) is 5.72. The summed E-state index contributed by atoms with van der Waals surface area (Å²) in [7, 11) is 0. The van der Waals surface area contributed by atoms with Gasteiger partial charge in [0.25, 0.3) is 0 Å². The second-order valence-electron chi connectivity index (χ2n) is 0.793. The summed E-state index contributed by atoms with van der Waals surface area (Å²) < 4.78 is 4.58. The van der Waals surface area contributed by atoms with Gasteiger partial charge in [0.05, 0.1) is 12.5 Å². The summed E-state index contributed by atoms with van der Waals surface area (Å²) in [6, 6.07) is 3.67. The molecule has 0 saturated carbocycles. The molecule has 0 aliphatic rings. The van der Waals surface area contributed by atoms with E-state index in [1.165, 1.54) is 0 Å². The van der Waals surface area contributed by atoms with Gasteiger partial charge in [-0.2, -0.15) is 0 Å². The Hall–Kier alpha value is 0.280. The maximum Gasteiger partial charge on any atom is 1.00 e. The molecule has 0 fully saturated rings. The first-order chi connectivity index (χ1) is 2.50. The first kappa shape index (κ1) is 6.28. The van der Waals surface area contributed by atoms with Crippen LogP contribution in [-0.4, -0.2) is 0 Å². The van der Waals surface area contributed by atoms with Gasteiger partial charge in [-0.1, -0.05) is 0 Å². The third kappa shape index (κ3) is 1.65. The molecule has 1 aromatic rings. The fourth-order valence-corrected chi connectivity index (χ4v) is 0.227. The SMILES string of the molecule is [H-].[Na+].c1ccoc1. The molecule has 0 aliphatic carbocycles. The number of furan rings is 1. The van der Waals surface area contributed by atoms with Gasteiger partial charge in [0, 0.05) is 0 Å². The molecular weight excluding hydrogens is 87.0 g/mol. The molecule has 0 aliphatic heterocycles. The predicted octanol–water partition coefficient (Wildman–Crippen LogP) is -1.60. The van der Waals surface area contributed by atoms with Crippen LogP contribution in [0.15, 0.2) is 29.1 Å². The molecule has 0 amide bonds. The Bertz CT molecular complexity index is 68.2. The molecule has 1 rings (SSSR count). The van der Waals surface area contributed by atoms with E-state index in [0.717, 1.165) is 0 Å². The van der Waals surface area contributed by atoms with Gasteiger partial charge in [-0.25, -0.2) is 0 Å². The topological polar surface area (TPSA) is 13.1 Å². The summed E-state index contributed by atoms with van der Waals surface area (Å²) in [4.78, 5) is 0. The van der Waals surface area contributed by atoms with Gasteiger partial charge >= 0.3 is 29.6 Å². The quantitative estimate of drug-likeness (QED) is 0.351. The van der Waals surface area contributed by atoms with Crippen LogP contribution in [0, 0.1) is 0 Å². The summed E-state index contributed by atoms with van der Waals surface area (Å²) in [6.45, 7) is 0. The van der Waals surface area contributed by atoms with Crippen molar-refractivity contribution in [3.8, 4) is 0 Å². The van der Waals surface area contributed by atoms with Crippen molar-refractivity contribution in [1.29, 1.82) is 0 Å². The summed E-state index contributed by atoms with van der Waals surface area (Å²) >= 11 is 0. The maximum atomic E-state index is 4.58. The van der Waals surface area contributed by atoms with Crippen molar-refractivity contribution in [1.82, 2.24) is 0 Å². The van der Waals surface area contributed by atoms with Crippen LogP contribution in [0.25, 0.3) is 0 Å². The second-order valence-corrected chi connectivity index (χ2v) is 0.793. The van der Waals surface area contributed by atoms with Crippen molar-refractivity contribution >= 4 is 0 Å². The molecule has 0 aromatic carbocycles. The van der Waals surface area contributed by atoms with Gasteiger partial charge in [0.2, 0.25) is 0 Å². The predicted molar refractivity (Wildman–Crippen MR) is 19.8 cm³/mol. The normalized spacial score (nSPS) is 6.67. The van der Waals surface area contributed by atoms with Crippen molar-refractivity contribution in [3.05, 3.63) is 24.7 Å². The molecule has 1 heterocycles. The second kappa shape index (κ2) is 3.47. The van der Waals surface area contributed by atoms with E-state index in [-0.39, 0.29) is 31.0 Å². The Morgan fingerprint density at radius 3 is 1.83 bits per heavy atom. The van der Waals surface area contributed by atoms with Crippen LogP contribution in [0.5, 0.6) is 0 Å². The summed E-state index contributed by atoms with van der Waals surface area (Å²) in [5.74, 6) is 0. The Morgan fingerprint density at radius 2 is 1.67 bits per heavy atom. The van der Waals surface area contributed by atoms with Gasteiger partial charge in [-0.05, 0) is 12.1 Å². The maximum absolute atomic E-state index is 4.58. The molecule has 28 valence electrons. The van der Waals surface area contributed by atoms with E-state index in [0.29, 0.717) is 0 Å². The van der Waals surface area contributed by atoms with Crippen molar-refractivity contribution in [3.63, 3.8) is 0 Å². The summed E-state index contributed by atoms with van der Waals surface area (Å²) in [6.07, 6.45) is 3.25. The Morgan fingerprint density at radius 1 is 1.17 bits per heavy atom. The standard InChI is InChI=1S/C4H4O.Na.H/c1-2-4-5-3-1;;/h1-4H;;/q;+1;-1. The molecule has 0 bridgehead atoms. The third-order valence-electron chi connectivity index (χ3n) is 0.425. The zero-order valence-electron chi connectivity index (χ0n) is 4.72. The fourth-order valence-electron chi connectivity index (χ4n) is 0.227. The third-order valence-corrected chi connectivity index (χ3v) is 0.425. The molecular formula is C4H5NaO. The number of rotatable bonds is 0. The number of hydrogen-bond acceptors (Lipinski definition) is 1. The average molecular weight is 92.1 g/mol. The van der Waals surface area contributed by atoms with Crippen molar-refractivity contribution in [2.24, 2.45) is 0 Å². The summed E-state index contributed by atoms with van der Waals surface area (Å²) in [5, 5.41) is 0. The first-order valence-corrected chi connectivity index (χ1v) is 1.47. The smallest absolute Gasteiger partial charge is 1.00 e. The summed E-state index contributed by atoms with van der Waals surface area (Å²) in [5.41, 5.74) is 0. The monoisotopic (exact) mass is 92.0 g/mol. The van der Waals surface area contributed by atoms with E-state index in [1.807, 2.05) is 12.1 Å². The van der Waals surface area contributed by atoms with E-state index in [4.69, 9.17) is 0 Å². The molecule has 2 heteroatoms. The minimum atomic E-state index is 0. The Balaban J connectivity index is 0. The van der Waals surface area contributed by atoms with Gasteiger partial charge in [-0.3, -0.25) is 0 Å². The molecule has 0 atom stereocenters. The van der Waals surface area contributed by atoms with Crippen LogP contribution in [0.2, 0.25) is 0 Å². The van der Waals surface area contributed by atoms with Gasteiger partial charge in [0.15, 0.2) is 0 Å². The molecule has 0 unspecified atom stereocenters.